The maximum absolute atomic E-state index is 13.5. The summed E-state index contributed by atoms with van der Waals surface area (Å²) >= 11 is 6.11. The average Bonchev–Trinajstić information content (AvgIpc) is 2.88. The lowest BCUT2D eigenvalue weighted by Gasteiger charge is -2.31. The number of nitrogens with one attached hydrogen (secondary N) is 2. The van der Waals surface area contributed by atoms with Gasteiger partial charge in [0.2, 0.25) is 5.91 Å². The van der Waals surface area contributed by atoms with Gasteiger partial charge in [-0.3, -0.25) is 4.79 Å². The number of nitrogens with zero attached hydrogens (tertiary/aromatic N) is 2. The molecule has 0 bridgehead atoms. The molecule has 11 heteroatoms. The van der Waals surface area contributed by atoms with E-state index in [9.17, 15) is 22.8 Å². The van der Waals surface area contributed by atoms with Crippen molar-refractivity contribution in [2.24, 2.45) is 0 Å². The van der Waals surface area contributed by atoms with E-state index in [1.807, 2.05) is 31.1 Å². The van der Waals surface area contributed by atoms with Gasteiger partial charge in [0.15, 0.2) is 0 Å². The molecule has 0 spiro atoms. The van der Waals surface area contributed by atoms with Crippen LogP contribution in [-0.2, 0) is 17.4 Å². The van der Waals surface area contributed by atoms with Crippen LogP contribution in [0.25, 0.3) is 21.9 Å². The molecule has 4 aromatic rings. The molecule has 1 saturated carbocycles. The largest absolute Gasteiger partial charge is 0.433 e. The molecule has 1 fully saturated rings. The Morgan fingerprint density at radius 3 is 2.45 bits per heavy atom. The highest BCUT2D eigenvalue weighted by atomic mass is 35.5. The van der Waals surface area contributed by atoms with Crippen LogP contribution in [0.15, 0.2) is 57.7 Å². The summed E-state index contributed by atoms with van der Waals surface area (Å²) in [7, 11) is 3.77. The number of fused-ring (bicyclic) bond motifs is 2. The highest BCUT2D eigenvalue weighted by Gasteiger charge is 2.34. The minimum Gasteiger partial charge on any atom is -0.423 e. The second-order valence-corrected chi connectivity index (χ2v) is 10.8. The lowest BCUT2D eigenvalue weighted by molar-refractivity contribution is -0.140. The summed E-state index contributed by atoms with van der Waals surface area (Å²) in [6.45, 7) is 0. The Bertz CT molecular complexity index is 1630. The first-order valence-corrected chi connectivity index (χ1v) is 13.3. The van der Waals surface area contributed by atoms with Crippen molar-refractivity contribution in [2.45, 2.75) is 50.4 Å². The van der Waals surface area contributed by atoms with Gasteiger partial charge < -0.3 is 20.0 Å². The van der Waals surface area contributed by atoms with Gasteiger partial charge in [0.1, 0.15) is 11.3 Å². The van der Waals surface area contributed by atoms with E-state index in [0.29, 0.717) is 58.3 Å². The van der Waals surface area contributed by atoms with E-state index in [0.717, 1.165) is 11.8 Å². The van der Waals surface area contributed by atoms with Gasteiger partial charge >= 0.3 is 11.8 Å². The van der Waals surface area contributed by atoms with Crippen LogP contribution in [0, 0.1) is 0 Å². The Morgan fingerprint density at radius 1 is 1.02 bits per heavy atom. The zero-order valence-corrected chi connectivity index (χ0v) is 22.7. The van der Waals surface area contributed by atoms with E-state index >= 15 is 0 Å². The van der Waals surface area contributed by atoms with Crippen molar-refractivity contribution >= 4 is 50.8 Å². The standard InChI is InChI=1S/C29H28ClF3N4O3/c1-37(2)20-8-9-21-16(12-28(39)40-25(21)14-20)11-27(38)35-19-6-4-18(5-7-19)34-24-15-26(29(31,32)33)36-23-10-3-17(30)13-22(23)24/h3,8-10,12-15,18-19H,4-7,11H2,1-2H3,(H,34,36)(H,35,38). The second kappa shape index (κ2) is 11.0. The van der Waals surface area contributed by atoms with Gasteiger partial charge in [-0.25, -0.2) is 9.78 Å². The molecular formula is C29H28ClF3N4O3. The second-order valence-electron chi connectivity index (χ2n) is 10.3. The molecule has 1 aliphatic carbocycles. The first-order chi connectivity index (χ1) is 19.0. The summed E-state index contributed by atoms with van der Waals surface area (Å²) in [5.41, 5.74) is 0.949. The summed E-state index contributed by atoms with van der Waals surface area (Å²) in [4.78, 5) is 30.7. The van der Waals surface area contributed by atoms with Crippen molar-refractivity contribution in [1.82, 2.24) is 10.3 Å². The molecular weight excluding hydrogens is 545 g/mol. The molecule has 2 aromatic carbocycles. The summed E-state index contributed by atoms with van der Waals surface area (Å²) in [5.74, 6) is -0.204. The van der Waals surface area contributed by atoms with Gasteiger partial charge in [0.05, 0.1) is 11.9 Å². The minimum absolute atomic E-state index is 0.0333. The Hall–Kier alpha value is -3.79. The molecule has 0 saturated heterocycles. The molecule has 1 aliphatic rings. The fourth-order valence-electron chi connectivity index (χ4n) is 5.16. The molecule has 210 valence electrons. The van der Waals surface area contributed by atoms with Crippen molar-refractivity contribution in [2.75, 3.05) is 24.3 Å². The van der Waals surface area contributed by atoms with E-state index in [1.54, 1.807) is 12.1 Å². The molecule has 0 aliphatic heterocycles. The zero-order valence-electron chi connectivity index (χ0n) is 21.9. The van der Waals surface area contributed by atoms with Gasteiger partial charge in [-0.1, -0.05) is 11.6 Å². The summed E-state index contributed by atoms with van der Waals surface area (Å²) < 4.78 is 45.7. The van der Waals surface area contributed by atoms with Crippen LogP contribution in [0.1, 0.15) is 36.9 Å². The monoisotopic (exact) mass is 572 g/mol. The lowest BCUT2D eigenvalue weighted by Crippen LogP contribution is -2.40. The van der Waals surface area contributed by atoms with Crippen LogP contribution in [0.4, 0.5) is 24.5 Å². The normalized spacial score (nSPS) is 17.6. The smallest absolute Gasteiger partial charge is 0.423 e. The van der Waals surface area contributed by atoms with Crippen molar-refractivity contribution in [3.8, 4) is 0 Å². The molecule has 5 rings (SSSR count). The number of carbonyl (C=O) groups excluding carboxylic acids is 1. The van der Waals surface area contributed by atoms with Gasteiger partial charge in [-0.2, -0.15) is 13.2 Å². The van der Waals surface area contributed by atoms with Crippen LogP contribution in [-0.4, -0.2) is 37.1 Å². The molecule has 2 aromatic heterocycles. The molecule has 1 amide bonds. The molecule has 0 atom stereocenters. The number of carbonyl (C=O) groups is 1. The number of pyridine rings is 1. The number of alkyl halides is 3. The maximum atomic E-state index is 13.5. The number of hydrogen-bond donors (Lipinski definition) is 2. The first-order valence-electron chi connectivity index (χ1n) is 12.9. The summed E-state index contributed by atoms with van der Waals surface area (Å²) in [6.07, 6.45) is -1.92. The summed E-state index contributed by atoms with van der Waals surface area (Å²) in [6, 6.07) is 12.3. The van der Waals surface area contributed by atoms with E-state index in [1.165, 1.54) is 18.2 Å². The maximum Gasteiger partial charge on any atom is 0.433 e. The third kappa shape index (κ3) is 6.17. The SMILES string of the molecule is CN(C)c1ccc2c(CC(=O)NC3CCC(Nc4cc(C(F)(F)F)nc5ccc(Cl)cc45)CC3)cc(=O)oc2c1. The molecule has 0 radical (unpaired) electrons. The van der Waals surface area contributed by atoms with Crippen LogP contribution in [0.2, 0.25) is 5.02 Å². The van der Waals surface area contributed by atoms with Crippen molar-refractivity contribution in [1.29, 1.82) is 0 Å². The fourth-order valence-corrected chi connectivity index (χ4v) is 5.33. The number of rotatable bonds is 6. The van der Waals surface area contributed by atoms with E-state index in [2.05, 4.69) is 15.6 Å². The Morgan fingerprint density at radius 2 is 1.75 bits per heavy atom. The van der Waals surface area contributed by atoms with E-state index < -0.39 is 17.5 Å². The number of anilines is 2. The number of hydrogen-bond acceptors (Lipinski definition) is 6. The zero-order chi connectivity index (χ0) is 28.6. The molecule has 2 N–H and O–H groups in total. The topological polar surface area (TPSA) is 87.5 Å². The first kappa shape index (κ1) is 27.8. The van der Waals surface area contributed by atoms with Gasteiger partial charge in [0, 0.05) is 65.5 Å². The highest BCUT2D eigenvalue weighted by molar-refractivity contribution is 6.31. The van der Waals surface area contributed by atoms with Crippen molar-refractivity contribution < 1.29 is 22.4 Å². The number of benzene rings is 2. The predicted molar refractivity (Wildman–Crippen MR) is 150 cm³/mol. The quantitative estimate of drug-likeness (QED) is 0.269. The van der Waals surface area contributed by atoms with Gasteiger partial charge in [-0.15, -0.1) is 0 Å². The van der Waals surface area contributed by atoms with Crippen molar-refractivity contribution in [3.63, 3.8) is 0 Å². The van der Waals surface area contributed by atoms with Gasteiger partial charge in [-0.05, 0) is 67.6 Å². The molecule has 40 heavy (non-hydrogen) atoms. The third-order valence-electron chi connectivity index (χ3n) is 7.19. The molecule has 2 heterocycles. The highest BCUT2D eigenvalue weighted by Crippen LogP contribution is 2.35. The molecule has 0 unspecified atom stereocenters. The number of aromatic nitrogens is 1. The Kier molecular flexibility index (Phi) is 7.63. The van der Waals surface area contributed by atoms with Crippen LogP contribution < -0.4 is 21.2 Å². The lowest BCUT2D eigenvalue weighted by atomic mass is 9.90. The van der Waals surface area contributed by atoms with Crippen molar-refractivity contribution in [3.05, 3.63) is 75.2 Å². The Balaban J connectivity index is 1.24. The van der Waals surface area contributed by atoms with Crippen LogP contribution in [0.5, 0.6) is 0 Å². The predicted octanol–water partition coefficient (Wildman–Crippen LogP) is 6.16. The third-order valence-corrected chi connectivity index (χ3v) is 7.43. The van der Waals surface area contributed by atoms with Crippen LogP contribution >= 0.6 is 11.6 Å². The number of amides is 1. The van der Waals surface area contributed by atoms with Gasteiger partial charge in [0.25, 0.3) is 0 Å². The summed E-state index contributed by atoms with van der Waals surface area (Å²) in [5, 5.41) is 7.94. The number of halogens is 4. The Labute approximate surface area is 233 Å². The van der Waals surface area contributed by atoms with Crippen LogP contribution in [0.3, 0.4) is 0 Å². The minimum atomic E-state index is -4.58. The average molecular weight is 573 g/mol. The van der Waals surface area contributed by atoms with E-state index in [-0.39, 0.29) is 29.9 Å². The molecule has 7 nitrogen and oxygen atoms in total. The fraction of sp³-hybridized carbons (Fsp3) is 0.345. The van der Waals surface area contributed by atoms with E-state index in [4.69, 9.17) is 16.0 Å².